The van der Waals surface area contributed by atoms with Crippen molar-refractivity contribution in [2.45, 2.75) is 37.6 Å². The highest BCUT2D eigenvalue weighted by atomic mass is 35.5. The van der Waals surface area contributed by atoms with Gasteiger partial charge in [0.05, 0.1) is 5.69 Å². The topological polar surface area (TPSA) is 113 Å². The van der Waals surface area contributed by atoms with Crippen LogP contribution >= 0.6 is 11.6 Å². The molecule has 32 heavy (non-hydrogen) atoms. The van der Waals surface area contributed by atoms with Crippen molar-refractivity contribution in [2.24, 2.45) is 5.92 Å². The molecule has 4 atom stereocenters. The molecule has 0 unspecified atom stereocenters. The number of nitrogens with one attached hydrogen (secondary N) is 1. The predicted molar refractivity (Wildman–Crippen MR) is 115 cm³/mol. The van der Waals surface area contributed by atoms with Gasteiger partial charge in [0.15, 0.2) is 6.10 Å². The highest BCUT2D eigenvalue weighted by Gasteiger charge is 2.56. The van der Waals surface area contributed by atoms with Crippen molar-refractivity contribution in [3.05, 3.63) is 71.0 Å². The Bertz CT molecular complexity index is 1140. The second-order valence-electron chi connectivity index (χ2n) is 8.12. The van der Waals surface area contributed by atoms with Crippen molar-refractivity contribution >= 4 is 23.4 Å². The second-order valence-corrected chi connectivity index (χ2v) is 8.56. The van der Waals surface area contributed by atoms with Crippen molar-refractivity contribution in [3.8, 4) is 5.69 Å². The average molecular weight is 453 g/mol. The van der Waals surface area contributed by atoms with Crippen LogP contribution in [0.2, 0.25) is 5.02 Å². The number of piperidine rings is 1. The van der Waals surface area contributed by atoms with Crippen LogP contribution in [0.5, 0.6) is 0 Å². The Hall–Kier alpha value is -3.30. The molecule has 1 aliphatic heterocycles. The molecule has 1 aliphatic carbocycles. The molecule has 2 aromatic carbocycles. The van der Waals surface area contributed by atoms with Crippen LogP contribution in [0.3, 0.4) is 0 Å². The van der Waals surface area contributed by atoms with Gasteiger partial charge in [-0.2, -0.15) is 0 Å². The molecule has 2 amide bonds. The lowest BCUT2D eigenvalue weighted by molar-refractivity contribution is -0.147. The van der Waals surface area contributed by atoms with Crippen LogP contribution in [0.15, 0.2) is 54.9 Å². The summed E-state index contributed by atoms with van der Waals surface area (Å²) in [5.41, 5.74) is 1.95. The number of amides is 2. The molecule has 1 aromatic heterocycles. The van der Waals surface area contributed by atoms with Crippen LogP contribution < -0.4 is 5.32 Å². The summed E-state index contributed by atoms with van der Waals surface area (Å²) in [5, 5.41) is 25.2. The van der Waals surface area contributed by atoms with Gasteiger partial charge in [0.25, 0.3) is 5.91 Å². The van der Waals surface area contributed by atoms with E-state index in [1.807, 2.05) is 6.07 Å². The molecule has 2 N–H and O–H groups in total. The minimum atomic E-state index is -1.29. The minimum absolute atomic E-state index is 0.0135. The fourth-order valence-electron chi connectivity index (χ4n) is 4.42. The Morgan fingerprint density at radius 1 is 1.19 bits per heavy atom. The zero-order valence-electron chi connectivity index (χ0n) is 17.0. The van der Waals surface area contributed by atoms with Crippen LogP contribution in [0.1, 0.15) is 30.1 Å². The Morgan fingerprint density at radius 2 is 2.00 bits per heavy atom. The van der Waals surface area contributed by atoms with Crippen LogP contribution in [0.4, 0.5) is 0 Å². The first-order valence-corrected chi connectivity index (χ1v) is 10.8. The maximum atomic E-state index is 13.1. The molecule has 10 heteroatoms. The quantitative estimate of drug-likeness (QED) is 0.588. The summed E-state index contributed by atoms with van der Waals surface area (Å²) < 4.78 is 1.49. The van der Waals surface area contributed by atoms with Gasteiger partial charge in [-0.15, -0.1) is 5.10 Å². The number of carbonyl (C=O) groups is 2. The van der Waals surface area contributed by atoms with Gasteiger partial charge >= 0.3 is 0 Å². The Balaban J connectivity index is 1.31. The molecule has 9 nitrogen and oxygen atoms in total. The van der Waals surface area contributed by atoms with Gasteiger partial charge in [0.1, 0.15) is 12.4 Å². The minimum Gasteiger partial charge on any atom is -0.378 e. The number of benzene rings is 2. The van der Waals surface area contributed by atoms with E-state index in [9.17, 15) is 14.7 Å². The summed E-state index contributed by atoms with van der Waals surface area (Å²) in [6, 6.07) is 13.4. The Kier molecular flexibility index (Phi) is 5.36. The number of halogens is 1. The SMILES string of the molecule is O=C(NCc1cc(Cl)ccc1-n1cnnn1)[C@@H]1C[C@@H]2C[C@@H]2N1C(=O)[C@H](O)c1ccccc1. The van der Waals surface area contributed by atoms with Crippen LogP contribution in [-0.4, -0.2) is 54.1 Å². The lowest BCUT2D eigenvalue weighted by Gasteiger charge is -2.29. The smallest absolute Gasteiger partial charge is 0.256 e. The van der Waals surface area contributed by atoms with E-state index >= 15 is 0 Å². The number of nitrogens with zero attached hydrogens (tertiary/aromatic N) is 5. The first kappa shape index (κ1) is 20.6. The molecule has 3 aromatic rings. The maximum absolute atomic E-state index is 13.1. The van der Waals surface area contributed by atoms with Gasteiger partial charge in [0, 0.05) is 17.6 Å². The summed E-state index contributed by atoms with van der Waals surface area (Å²) in [4.78, 5) is 27.7. The lowest BCUT2D eigenvalue weighted by Crippen LogP contribution is -2.49. The Labute approximate surface area is 189 Å². The highest BCUT2D eigenvalue weighted by molar-refractivity contribution is 6.30. The third-order valence-electron chi connectivity index (χ3n) is 6.10. The number of tetrazole rings is 1. The standard InChI is InChI=1S/C22H21ClN6O3/c23-16-6-7-17(28-12-25-26-27-28)15(8-16)11-24-21(31)19-10-14-9-18(14)29(19)22(32)20(30)13-4-2-1-3-5-13/h1-8,12,14,18-20,30H,9-11H2,(H,24,31)/t14-,18-,19-,20+/m0/s1. The van der Waals surface area contributed by atoms with Crippen molar-refractivity contribution in [1.29, 1.82) is 0 Å². The summed E-state index contributed by atoms with van der Waals surface area (Å²) in [6.45, 7) is 0.198. The summed E-state index contributed by atoms with van der Waals surface area (Å²) in [5.74, 6) is -0.382. The van der Waals surface area contributed by atoms with Crippen molar-refractivity contribution in [3.63, 3.8) is 0 Å². The first-order valence-electron chi connectivity index (χ1n) is 10.4. The number of rotatable bonds is 6. The van der Waals surface area contributed by atoms with Gasteiger partial charge in [0.2, 0.25) is 5.91 Å². The van der Waals surface area contributed by atoms with Gasteiger partial charge in [-0.3, -0.25) is 9.59 Å². The van der Waals surface area contributed by atoms with E-state index in [4.69, 9.17) is 11.6 Å². The molecule has 5 rings (SSSR count). The highest BCUT2D eigenvalue weighted by Crippen LogP contribution is 2.48. The number of aliphatic hydroxyl groups excluding tert-OH is 1. The summed E-state index contributed by atoms with van der Waals surface area (Å²) in [7, 11) is 0. The fourth-order valence-corrected chi connectivity index (χ4v) is 4.61. The maximum Gasteiger partial charge on any atom is 0.256 e. The zero-order chi connectivity index (χ0) is 22.2. The molecule has 0 bridgehead atoms. The van der Waals surface area contributed by atoms with Gasteiger partial charge in [-0.05, 0) is 58.5 Å². The lowest BCUT2D eigenvalue weighted by atomic mass is 10.1. The van der Waals surface area contributed by atoms with Crippen LogP contribution in [0.25, 0.3) is 5.69 Å². The molecular formula is C22H21ClN6O3. The first-order chi connectivity index (χ1) is 15.5. The van der Waals surface area contributed by atoms with Crippen molar-refractivity contribution in [2.75, 3.05) is 0 Å². The number of aromatic nitrogens is 4. The average Bonchev–Trinajstić information content (AvgIpc) is 3.21. The molecule has 1 saturated carbocycles. The molecule has 164 valence electrons. The van der Waals surface area contributed by atoms with E-state index in [0.717, 1.165) is 12.0 Å². The van der Waals surface area contributed by atoms with E-state index in [0.29, 0.717) is 28.6 Å². The largest absolute Gasteiger partial charge is 0.378 e. The molecule has 0 radical (unpaired) electrons. The third kappa shape index (κ3) is 3.85. The van der Waals surface area contributed by atoms with E-state index in [1.54, 1.807) is 47.4 Å². The zero-order valence-corrected chi connectivity index (χ0v) is 17.8. The van der Waals surface area contributed by atoms with E-state index in [2.05, 4.69) is 20.8 Å². The molecule has 1 saturated heterocycles. The molecule has 2 fully saturated rings. The molecule has 2 heterocycles. The molecular weight excluding hydrogens is 432 g/mol. The number of fused-ring (bicyclic) bond motifs is 1. The van der Waals surface area contributed by atoms with E-state index in [-0.39, 0.29) is 18.5 Å². The summed E-state index contributed by atoms with van der Waals surface area (Å²) >= 11 is 6.15. The molecule has 0 spiro atoms. The van der Waals surface area contributed by atoms with Gasteiger partial charge in [-0.1, -0.05) is 41.9 Å². The molecule has 2 aliphatic rings. The monoisotopic (exact) mass is 452 g/mol. The van der Waals surface area contributed by atoms with Gasteiger partial charge < -0.3 is 15.3 Å². The second kappa shape index (κ2) is 8.33. The van der Waals surface area contributed by atoms with Crippen molar-refractivity contribution < 1.29 is 14.7 Å². The van der Waals surface area contributed by atoms with Crippen molar-refractivity contribution in [1.82, 2.24) is 30.4 Å². The predicted octanol–water partition coefficient (Wildman–Crippen LogP) is 1.65. The van der Waals surface area contributed by atoms with E-state index < -0.39 is 18.1 Å². The number of hydrogen-bond donors (Lipinski definition) is 2. The number of likely N-dealkylation sites (tertiary alicyclic amines) is 1. The van der Waals surface area contributed by atoms with Gasteiger partial charge in [-0.25, -0.2) is 4.68 Å². The number of aliphatic hydroxyl groups is 1. The number of hydrogen-bond acceptors (Lipinski definition) is 6. The van der Waals surface area contributed by atoms with E-state index in [1.165, 1.54) is 11.0 Å². The Morgan fingerprint density at radius 3 is 2.75 bits per heavy atom. The third-order valence-corrected chi connectivity index (χ3v) is 6.34. The van der Waals surface area contributed by atoms with Crippen LogP contribution in [-0.2, 0) is 16.1 Å². The number of carbonyl (C=O) groups excluding carboxylic acids is 2. The summed E-state index contributed by atoms with van der Waals surface area (Å²) in [6.07, 6.45) is 1.64. The normalized spacial score (nSPS) is 22.3. The van der Waals surface area contributed by atoms with Crippen LogP contribution in [0, 0.1) is 5.92 Å². The fraction of sp³-hybridized carbons (Fsp3) is 0.318.